The predicted molar refractivity (Wildman–Crippen MR) is 154 cm³/mol. The quantitative estimate of drug-likeness (QED) is 0.110. The van der Waals surface area contributed by atoms with Crippen molar-refractivity contribution >= 4 is 25.7 Å². The van der Waals surface area contributed by atoms with Crippen molar-refractivity contribution in [3.05, 3.63) is 83.4 Å². The Morgan fingerprint density at radius 1 is 0.857 bits per heavy atom. The number of hydrogen-bond acceptors (Lipinski definition) is 2. The molecule has 0 aliphatic rings. The summed E-state index contributed by atoms with van der Waals surface area (Å²) in [6.07, 6.45) is 6.32. The van der Waals surface area contributed by atoms with Crippen molar-refractivity contribution in [3.63, 3.8) is 0 Å². The van der Waals surface area contributed by atoms with Crippen LogP contribution >= 0.6 is 0 Å². The lowest BCUT2D eigenvalue weighted by Crippen LogP contribution is -2.43. The summed E-state index contributed by atoms with van der Waals surface area (Å²) in [4.78, 5) is 11.8. The molecular weight excluding hydrogens is 444 g/mol. The molecule has 0 saturated carbocycles. The number of esters is 1. The average molecular weight is 487 g/mol. The Balaban J connectivity index is 2.61. The van der Waals surface area contributed by atoms with Crippen LogP contribution in [0.5, 0.6) is 0 Å². The number of methoxy groups -OCH3 is 1. The second-order valence-corrected chi connectivity index (χ2v) is 15.7. The van der Waals surface area contributed by atoms with Crippen molar-refractivity contribution in [1.82, 2.24) is 0 Å². The monoisotopic (exact) mass is 486 g/mol. The molecule has 0 heterocycles. The lowest BCUT2D eigenvalue weighted by molar-refractivity contribution is -0.140. The van der Waals surface area contributed by atoms with Gasteiger partial charge in [0.2, 0.25) is 0 Å². The Kier molecular flexibility index (Phi) is 11.3. The molecule has 0 unspecified atom stereocenters. The Morgan fingerprint density at radius 2 is 1.40 bits per heavy atom. The molecule has 0 saturated heterocycles. The Hall–Kier alpha value is -2.83. The van der Waals surface area contributed by atoms with E-state index in [9.17, 15) is 4.79 Å². The number of hydrogen-bond donors (Lipinski definition) is 0. The molecule has 2 rings (SSSR count). The van der Waals surface area contributed by atoms with Crippen molar-refractivity contribution in [1.29, 1.82) is 0 Å². The zero-order valence-electron chi connectivity index (χ0n) is 22.6. The topological polar surface area (TPSA) is 26.3 Å². The third-order valence-electron chi connectivity index (χ3n) is 6.92. The van der Waals surface area contributed by atoms with Crippen molar-refractivity contribution < 1.29 is 9.53 Å². The number of carbonyl (C=O) groups is 1. The van der Waals surface area contributed by atoms with Crippen LogP contribution in [0.2, 0.25) is 16.6 Å². The molecule has 2 aromatic rings. The van der Waals surface area contributed by atoms with Crippen LogP contribution < -0.4 is 0 Å². The highest BCUT2D eigenvalue weighted by Crippen LogP contribution is 2.41. The molecule has 186 valence electrons. The molecule has 3 heteroatoms. The zero-order valence-corrected chi connectivity index (χ0v) is 23.6. The maximum absolute atomic E-state index is 11.8. The van der Waals surface area contributed by atoms with E-state index in [4.69, 9.17) is 4.74 Å². The van der Waals surface area contributed by atoms with Gasteiger partial charge >= 0.3 is 5.97 Å². The number of benzene rings is 2. The molecule has 0 amide bonds. The van der Waals surface area contributed by atoms with Crippen molar-refractivity contribution in [2.75, 3.05) is 7.11 Å². The summed E-state index contributed by atoms with van der Waals surface area (Å²) >= 11 is 0. The van der Waals surface area contributed by atoms with Crippen molar-refractivity contribution in [3.8, 4) is 11.5 Å². The fourth-order valence-electron chi connectivity index (χ4n) is 5.07. The number of allylic oxidation sites excluding steroid dienone is 3. The second kappa shape index (κ2) is 13.9. The highest BCUT2D eigenvalue weighted by Gasteiger charge is 2.41. The van der Waals surface area contributed by atoms with Gasteiger partial charge in [0.25, 0.3) is 0 Å². The Bertz CT molecular complexity index is 1030. The molecule has 0 aliphatic heterocycles. The van der Waals surface area contributed by atoms with Crippen LogP contribution in [0.4, 0.5) is 0 Å². The molecule has 0 spiro atoms. The summed E-state index contributed by atoms with van der Waals surface area (Å²) < 4.78 is 4.87. The van der Waals surface area contributed by atoms with Gasteiger partial charge in [0.05, 0.1) is 7.11 Å². The Labute approximate surface area is 214 Å². The van der Waals surface area contributed by atoms with Gasteiger partial charge in [-0.15, -0.1) is 5.54 Å². The lowest BCUT2D eigenvalue weighted by Gasteiger charge is -2.38. The zero-order chi connectivity index (χ0) is 25.8. The molecule has 0 N–H and O–H groups in total. The second-order valence-electron chi connectivity index (χ2n) is 10.1. The third-order valence-corrected chi connectivity index (χ3v) is 13.2. The van der Waals surface area contributed by atoms with Crippen LogP contribution in [0.3, 0.4) is 0 Å². The largest absolute Gasteiger partial charge is 0.469 e. The molecule has 0 radical (unpaired) electrons. The first-order chi connectivity index (χ1) is 16.7. The number of rotatable bonds is 10. The van der Waals surface area contributed by atoms with E-state index in [0.717, 1.165) is 35.1 Å². The van der Waals surface area contributed by atoms with Crippen LogP contribution in [0.1, 0.15) is 71.9 Å². The van der Waals surface area contributed by atoms with Gasteiger partial charge in [0, 0.05) is 12.0 Å². The summed E-state index contributed by atoms with van der Waals surface area (Å²) in [6.45, 7) is 14.0. The van der Waals surface area contributed by atoms with E-state index in [2.05, 4.69) is 114 Å². The van der Waals surface area contributed by atoms with Crippen LogP contribution in [-0.2, 0) is 9.53 Å². The maximum atomic E-state index is 11.8. The first-order valence-corrected chi connectivity index (χ1v) is 15.1. The normalized spacial score (nSPS) is 12.6. The fourth-order valence-corrected chi connectivity index (χ4v) is 10.3. The van der Waals surface area contributed by atoms with Crippen LogP contribution in [0.25, 0.3) is 11.6 Å². The molecule has 2 nitrogen and oxygen atoms in total. The van der Waals surface area contributed by atoms with E-state index >= 15 is 0 Å². The summed E-state index contributed by atoms with van der Waals surface area (Å²) in [7, 11) is -0.428. The van der Waals surface area contributed by atoms with Gasteiger partial charge in [-0.1, -0.05) is 108 Å². The van der Waals surface area contributed by atoms with E-state index < -0.39 is 8.07 Å². The summed E-state index contributed by atoms with van der Waals surface area (Å²) in [5.74, 6) is 3.49. The number of carbonyl (C=O) groups excluding carboxylic acids is 1. The highest BCUT2D eigenvalue weighted by atomic mass is 28.3. The highest BCUT2D eigenvalue weighted by molar-refractivity contribution is 6.90. The van der Waals surface area contributed by atoms with E-state index in [0.29, 0.717) is 23.0 Å². The van der Waals surface area contributed by atoms with E-state index in [1.165, 1.54) is 7.11 Å². The predicted octanol–water partition coefficient (Wildman–Crippen LogP) is 8.72. The smallest absolute Gasteiger partial charge is 0.305 e. The van der Waals surface area contributed by atoms with Crippen LogP contribution in [0, 0.1) is 11.5 Å². The standard InChI is InChI=1S/C32H42O2Si/c1-25(2)35(26(3)4,27(5)6)22-21-29(17-14-20-32(33)34-7)24-31(30-18-12-9-13-19-30)23-28-15-10-8-11-16-28/h8-13,15-16,18-19,23-27H,14,17,20H2,1-7H3/b29-24-,31-23-. The molecule has 35 heavy (non-hydrogen) atoms. The summed E-state index contributed by atoms with van der Waals surface area (Å²) in [6, 6.07) is 20.8. The minimum atomic E-state index is -1.88. The minimum Gasteiger partial charge on any atom is -0.469 e. The van der Waals surface area contributed by atoms with E-state index in [1.807, 2.05) is 12.1 Å². The van der Waals surface area contributed by atoms with Crippen LogP contribution in [0.15, 0.2) is 72.3 Å². The molecule has 0 aliphatic carbocycles. The van der Waals surface area contributed by atoms with Gasteiger partial charge in [0.1, 0.15) is 8.07 Å². The van der Waals surface area contributed by atoms with Crippen LogP contribution in [-0.4, -0.2) is 21.2 Å². The average Bonchev–Trinajstić information content (AvgIpc) is 2.84. The van der Waals surface area contributed by atoms with E-state index in [-0.39, 0.29) is 5.97 Å². The molecule has 0 aromatic heterocycles. The van der Waals surface area contributed by atoms with Gasteiger partial charge in [0.15, 0.2) is 0 Å². The molecule has 2 aromatic carbocycles. The summed E-state index contributed by atoms with van der Waals surface area (Å²) in [5.41, 5.74) is 10.1. The molecule has 0 atom stereocenters. The van der Waals surface area contributed by atoms with Crippen molar-refractivity contribution in [2.45, 2.75) is 77.4 Å². The maximum Gasteiger partial charge on any atom is 0.305 e. The molecular formula is C32H42O2Si. The van der Waals surface area contributed by atoms with Gasteiger partial charge in [-0.3, -0.25) is 4.79 Å². The number of ether oxygens (including phenoxy) is 1. The third kappa shape index (κ3) is 8.11. The Morgan fingerprint density at radius 3 is 1.91 bits per heavy atom. The lowest BCUT2D eigenvalue weighted by atomic mass is 9.98. The van der Waals surface area contributed by atoms with Gasteiger partial charge in [-0.05, 0) is 58.3 Å². The van der Waals surface area contributed by atoms with E-state index in [1.54, 1.807) is 0 Å². The SMILES string of the molecule is COC(=O)CCC/C(C#C[Si](C(C)C)(C(C)C)C(C)C)=C/C(=C/c1ccccc1)c1ccccc1. The first kappa shape index (κ1) is 28.4. The summed E-state index contributed by atoms with van der Waals surface area (Å²) in [5, 5.41) is 0. The van der Waals surface area contributed by atoms with Gasteiger partial charge < -0.3 is 4.74 Å². The van der Waals surface area contributed by atoms with Gasteiger partial charge in [-0.25, -0.2) is 0 Å². The van der Waals surface area contributed by atoms with Crippen molar-refractivity contribution in [2.24, 2.45) is 0 Å². The minimum absolute atomic E-state index is 0.171. The first-order valence-electron chi connectivity index (χ1n) is 12.8. The molecule has 0 fully saturated rings. The molecule has 0 bridgehead atoms. The fraction of sp³-hybridized carbons (Fsp3) is 0.406. The van der Waals surface area contributed by atoms with Gasteiger partial charge in [-0.2, -0.15) is 0 Å².